The number of nitrogens with two attached hydrogens (primary N) is 1. The van der Waals surface area contributed by atoms with Gasteiger partial charge in [0.25, 0.3) is 0 Å². The highest BCUT2D eigenvalue weighted by atomic mass is 35.5. The van der Waals surface area contributed by atoms with E-state index in [-0.39, 0.29) is 11.4 Å². The number of nitrogens with zero attached hydrogens (tertiary/aromatic N) is 1. The maximum atomic E-state index is 10.9. The van der Waals surface area contributed by atoms with Gasteiger partial charge in [-0.05, 0) is 23.8 Å². The van der Waals surface area contributed by atoms with E-state index in [0.29, 0.717) is 17.3 Å². The van der Waals surface area contributed by atoms with E-state index in [1.165, 1.54) is 12.1 Å². The SMILES string of the molecule is NCc1ccc(Oc2ccccc2[N+](=O)[O-])cc1Cl. The molecule has 2 aromatic carbocycles. The summed E-state index contributed by atoms with van der Waals surface area (Å²) >= 11 is 6.00. The van der Waals surface area contributed by atoms with Gasteiger partial charge in [-0.15, -0.1) is 0 Å². The molecule has 0 atom stereocenters. The van der Waals surface area contributed by atoms with Crippen molar-refractivity contribution < 1.29 is 9.66 Å². The zero-order valence-corrected chi connectivity index (χ0v) is 10.6. The smallest absolute Gasteiger partial charge is 0.311 e. The first-order valence-electron chi connectivity index (χ1n) is 5.51. The van der Waals surface area contributed by atoms with E-state index in [0.717, 1.165) is 5.56 Å². The van der Waals surface area contributed by atoms with Gasteiger partial charge in [-0.1, -0.05) is 29.8 Å². The molecule has 0 amide bonds. The molecule has 0 bridgehead atoms. The number of hydrogen-bond donors (Lipinski definition) is 1. The molecule has 0 aliphatic carbocycles. The molecule has 2 rings (SSSR count). The highest BCUT2D eigenvalue weighted by molar-refractivity contribution is 6.31. The molecule has 19 heavy (non-hydrogen) atoms. The van der Waals surface area contributed by atoms with Crippen LogP contribution in [0.2, 0.25) is 5.02 Å². The molecule has 5 nitrogen and oxygen atoms in total. The molecule has 0 aromatic heterocycles. The van der Waals surface area contributed by atoms with E-state index < -0.39 is 4.92 Å². The van der Waals surface area contributed by atoms with Gasteiger partial charge in [0.1, 0.15) is 5.75 Å². The van der Waals surface area contributed by atoms with Crippen molar-refractivity contribution in [2.24, 2.45) is 5.73 Å². The number of nitro groups is 1. The van der Waals surface area contributed by atoms with Gasteiger partial charge in [0.15, 0.2) is 0 Å². The predicted molar refractivity (Wildman–Crippen MR) is 72.5 cm³/mol. The Morgan fingerprint density at radius 2 is 2.00 bits per heavy atom. The molecule has 2 aromatic rings. The second-order valence-corrected chi connectivity index (χ2v) is 4.19. The minimum Gasteiger partial charge on any atom is -0.450 e. The summed E-state index contributed by atoms with van der Waals surface area (Å²) in [6.07, 6.45) is 0. The molecule has 0 spiro atoms. The lowest BCUT2D eigenvalue weighted by atomic mass is 10.2. The first-order valence-corrected chi connectivity index (χ1v) is 5.89. The van der Waals surface area contributed by atoms with Gasteiger partial charge in [-0.25, -0.2) is 0 Å². The van der Waals surface area contributed by atoms with E-state index in [9.17, 15) is 10.1 Å². The molecule has 0 aliphatic heterocycles. The summed E-state index contributed by atoms with van der Waals surface area (Å²) in [5.74, 6) is 0.598. The fourth-order valence-corrected chi connectivity index (χ4v) is 1.83. The molecular formula is C13H11ClN2O3. The maximum Gasteiger partial charge on any atom is 0.311 e. The number of hydrogen-bond acceptors (Lipinski definition) is 4. The minimum absolute atomic E-state index is 0.0958. The Morgan fingerprint density at radius 1 is 1.26 bits per heavy atom. The van der Waals surface area contributed by atoms with Crippen LogP contribution < -0.4 is 10.5 Å². The van der Waals surface area contributed by atoms with Crippen molar-refractivity contribution in [2.45, 2.75) is 6.54 Å². The highest BCUT2D eigenvalue weighted by Crippen LogP contribution is 2.32. The van der Waals surface area contributed by atoms with Crippen LogP contribution in [-0.4, -0.2) is 4.92 Å². The van der Waals surface area contributed by atoms with Crippen LogP contribution in [0.1, 0.15) is 5.56 Å². The maximum absolute atomic E-state index is 10.9. The van der Waals surface area contributed by atoms with Crippen LogP contribution in [0.15, 0.2) is 42.5 Å². The summed E-state index contributed by atoms with van der Waals surface area (Å²) in [5.41, 5.74) is 6.20. The third-order valence-electron chi connectivity index (χ3n) is 2.53. The second kappa shape index (κ2) is 5.69. The molecular weight excluding hydrogens is 268 g/mol. The summed E-state index contributed by atoms with van der Waals surface area (Å²) in [5, 5.41) is 11.3. The Kier molecular flexibility index (Phi) is 3.99. The third-order valence-corrected chi connectivity index (χ3v) is 2.89. The summed E-state index contributed by atoms with van der Waals surface area (Å²) < 4.78 is 5.48. The van der Waals surface area contributed by atoms with E-state index in [1.54, 1.807) is 30.3 Å². The molecule has 0 saturated heterocycles. The molecule has 6 heteroatoms. The van der Waals surface area contributed by atoms with Gasteiger partial charge < -0.3 is 10.5 Å². The van der Waals surface area contributed by atoms with Crippen molar-refractivity contribution in [1.29, 1.82) is 0 Å². The summed E-state index contributed by atoms with van der Waals surface area (Å²) in [4.78, 5) is 10.4. The lowest BCUT2D eigenvalue weighted by Gasteiger charge is -2.08. The topological polar surface area (TPSA) is 78.4 Å². The first-order chi connectivity index (χ1) is 9.11. The largest absolute Gasteiger partial charge is 0.450 e. The fourth-order valence-electron chi connectivity index (χ4n) is 1.58. The molecule has 2 N–H and O–H groups in total. The van der Waals surface area contributed by atoms with Gasteiger partial charge >= 0.3 is 5.69 Å². The predicted octanol–water partition coefficient (Wildman–Crippen LogP) is 3.50. The fraction of sp³-hybridized carbons (Fsp3) is 0.0769. The molecule has 0 fully saturated rings. The second-order valence-electron chi connectivity index (χ2n) is 3.78. The van der Waals surface area contributed by atoms with E-state index >= 15 is 0 Å². The lowest BCUT2D eigenvalue weighted by Crippen LogP contribution is -1.97. The van der Waals surface area contributed by atoms with Gasteiger partial charge in [0, 0.05) is 17.6 Å². The highest BCUT2D eigenvalue weighted by Gasteiger charge is 2.14. The third kappa shape index (κ3) is 3.01. The zero-order chi connectivity index (χ0) is 13.8. The van der Waals surface area contributed by atoms with Gasteiger partial charge in [-0.2, -0.15) is 0 Å². The Labute approximate surface area is 114 Å². The Bertz CT molecular complexity index is 617. The molecule has 0 radical (unpaired) electrons. The van der Waals surface area contributed by atoms with Crippen LogP contribution in [0.4, 0.5) is 5.69 Å². The van der Waals surface area contributed by atoms with Gasteiger partial charge in [-0.3, -0.25) is 10.1 Å². The molecule has 0 unspecified atom stereocenters. The average Bonchev–Trinajstić information content (AvgIpc) is 2.39. The Hall–Kier alpha value is -2.11. The van der Waals surface area contributed by atoms with E-state index in [4.69, 9.17) is 22.1 Å². The monoisotopic (exact) mass is 278 g/mol. The lowest BCUT2D eigenvalue weighted by molar-refractivity contribution is -0.385. The molecule has 0 saturated carbocycles. The zero-order valence-electron chi connectivity index (χ0n) is 9.88. The molecule has 98 valence electrons. The summed E-state index contributed by atoms with van der Waals surface area (Å²) in [6.45, 7) is 0.324. The van der Waals surface area contributed by atoms with Crippen molar-refractivity contribution in [1.82, 2.24) is 0 Å². The van der Waals surface area contributed by atoms with Crippen LogP contribution in [0.3, 0.4) is 0 Å². The van der Waals surface area contributed by atoms with Crippen LogP contribution in [-0.2, 0) is 6.54 Å². The van der Waals surface area contributed by atoms with Gasteiger partial charge in [0.05, 0.1) is 4.92 Å². The van der Waals surface area contributed by atoms with E-state index in [1.807, 2.05) is 0 Å². The van der Waals surface area contributed by atoms with Crippen LogP contribution in [0, 0.1) is 10.1 Å². The summed E-state index contributed by atoms with van der Waals surface area (Å²) in [6, 6.07) is 11.1. The van der Waals surface area contributed by atoms with Crippen LogP contribution >= 0.6 is 11.6 Å². The normalized spacial score (nSPS) is 10.2. The van der Waals surface area contributed by atoms with Crippen LogP contribution in [0.5, 0.6) is 11.5 Å². The van der Waals surface area contributed by atoms with Crippen molar-refractivity contribution in [3.8, 4) is 11.5 Å². The number of para-hydroxylation sites is 2. The number of halogens is 1. The molecule has 0 heterocycles. The first kappa shape index (κ1) is 13.3. The average molecular weight is 279 g/mol. The Balaban J connectivity index is 2.31. The minimum atomic E-state index is -0.495. The standard InChI is InChI=1S/C13H11ClN2O3/c14-11-7-10(6-5-9(11)8-15)19-13-4-2-1-3-12(13)16(17)18/h1-7H,8,15H2. The van der Waals surface area contributed by atoms with Crippen molar-refractivity contribution >= 4 is 17.3 Å². The van der Waals surface area contributed by atoms with Crippen molar-refractivity contribution in [3.05, 3.63) is 63.2 Å². The van der Waals surface area contributed by atoms with Crippen molar-refractivity contribution in [3.63, 3.8) is 0 Å². The van der Waals surface area contributed by atoms with Gasteiger partial charge in [0.2, 0.25) is 5.75 Å². The number of ether oxygens (including phenoxy) is 1. The number of benzene rings is 2. The number of nitro benzene ring substituents is 1. The van der Waals surface area contributed by atoms with Crippen molar-refractivity contribution in [2.75, 3.05) is 0 Å². The van der Waals surface area contributed by atoms with E-state index in [2.05, 4.69) is 0 Å². The molecule has 0 aliphatic rings. The summed E-state index contributed by atoms with van der Waals surface area (Å²) in [7, 11) is 0. The number of rotatable bonds is 4. The van der Waals surface area contributed by atoms with Crippen LogP contribution in [0.25, 0.3) is 0 Å². The quantitative estimate of drug-likeness (QED) is 0.686. The Morgan fingerprint density at radius 3 is 2.63 bits per heavy atom.